The van der Waals surface area contributed by atoms with E-state index in [2.05, 4.69) is 36.0 Å². The van der Waals surface area contributed by atoms with Crippen LogP contribution in [0.25, 0.3) is 11.0 Å². The summed E-state index contributed by atoms with van der Waals surface area (Å²) < 4.78 is 2.07. The first-order chi connectivity index (χ1) is 10.6. The fourth-order valence-electron chi connectivity index (χ4n) is 3.81. The molecule has 1 saturated carbocycles. The van der Waals surface area contributed by atoms with Gasteiger partial charge in [-0.2, -0.15) is 0 Å². The van der Waals surface area contributed by atoms with Gasteiger partial charge >= 0.3 is 0 Å². The van der Waals surface area contributed by atoms with Gasteiger partial charge in [0.05, 0.1) is 17.6 Å². The Kier molecular flexibility index (Phi) is 4.39. The molecule has 0 amide bonds. The van der Waals surface area contributed by atoms with Crippen LogP contribution in [0.15, 0.2) is 12.3 Å². The lowest BCUT2D eigenvalue weighted by Crippen LogP contribution is -2.20. The lowest BCUT2D eigenvalue weighted by molar-refractivity contribution is 0.282. The molecule has 1 fully saturated rings. The third-order valence-electron chi connectivity index (χ3n) is 4.94. The first-order valence-electron chi connectivity index (χ1n) is 8.41. The van der Waals surface area contributed by atoms with Gasteiger partial charge in [-0.15, -0.1) is 0 Å². The van der Waals surface area contributed by atoms with Crippen molar-refractivity contribution in [2.24, 2.45) is 13.0 Å². The summed E-state index contributed by atoms with van der Waals surface area (Å²) in [5, 5.41) is 13.2. The fourth-order valence-corrected chi connectivity index (χ4v) is 3.81. The molecule has 0 aliphatic heterocycles. The monoisotopic (exact) mass is 301 g/mol. The van der Waals surface area contributed by atoms with Crippen molar-refractivity contribution in [2.75, 3.05) is 5.32 Å². The molecule has 2 heterocycles. The Hall–Kier alpha value is -1.55. The second kappa shape index (κ2) is 6.29. The summed E-state index contributed by atoms with van der Waals surface area (Å²) in [4.78, 5) is 4.79. The molecule has 0 radical (unpaired) electrons. The van der Waals surface area contributed by atoms with Crippen LogP contribution in [-0.4, -0.2) is 20.7 Å². The maximum Gasteiger partial charge on any atom is 0.132 e. The predicted molar refractivity (Wildman–Crippen MR) is 91.0 cm³/mol. The number of aliphatic hydroxyl groups is 1. The van der Waals surface area contributed by atoms with Gasteiger partial charge in [-0.05, 0) is 37.8 Å². The summed E-state index contributed by atoms with van der Waals surface area (Å²) in [5.41, 5.74) is 4.16. The number of pyridine rings is 1. The topological polar surface area (TPSA) is 50.1 Å². The second-order valence-corrected chi connectivity index (χ2v) is 6.88. The minimum absolute atomic E-state index is 0.0195. The van der Waals surface area contributed by atoms with E-state index in [1.807, 2.05) is 7.05 Å². The van der Waals surface area contributed by atoms with Gasteiger partial charge < -0.3 is 15.0 Å². The van der Waals surface area contributed by atoms with Crippen LogP contribution >= 0.6 is 0 Å². The SMILES string of the molecule is Cc1cn(C)c2cc(CO)c(NC(C)CC3CCCC3)nc12. The zero-order valence-electron chi connectivity index (χ0n) is 13.9. The van der Waals surface area contributed by atoms with E-state index in [4.69, 9.17) is 4.98 Å². The van der Waals surface area contributed by atoms with E-state index in [1.54, 1.807) is 0 Å². The van der Waals surface area contributed by atoms with E-state index in [1.165, 1.54) is 37.7 Å². The highest BCUT2D eigenvalue weighted by Crippen LogP contribution is 2.30. The van der Waals surface area contributed by atoms with Crippen LogP contribution in [0.4, 0.5) is 5.82 Å². The molecule has 4 nitrogen and oxygen atoms in total. The highest BCUT2D eigenvalue weighted by atomic mass is 16.3. The van der Waals surface area contributed by atoms with Crippen LogP contribution in [0.5, 0.6) is 0 Å². The number of hydrogen-bond acceptors (Lipinski definition) is 3. The Bertz CT molecular complexity index is 656. The lowest BCUT2D eigenvalue weighted by atomic mass is 9.99. The molecule has 1 aliphatic carbocycles. The summed E-state index contributed by atoms with van der Waals surface area (Å²) >= 11 is 0. The minimum atomic E-state index is 0.0195. The van der Waals surface area contributed by atoms with Crippen LogP contribution in [0.1, 0.15) is 50.2 Å². The molecule has 0 saturated heterocycles. The number of fused-ring (bicyclic) bond motifs is 1. The molecule has 4 heteroatoms. The zero-order valence-corrected chi connectivity index (χ0v) is 13.9. The highest BCUT2D eigenvalue weighted by molar-refractivity contribution is 5.82. The summed E-state index contributed by atoms with van der Waals surface area (Å²) in [7, 11) is 2.02. The van der Waals surface area contributed by atoms with Gasteiger partial charge in [-0.3, -0.25) is 0 Å². The Morgan fingerprint density at radius 3 is 2.82 bits per heavy atom. The Labute approximate surface area is 132 Å². The Morgan fingerprint density at radius 1 is 1.41 bits per heavy atom. The first kappa shape index (κ1) is 15.3. The van der Waals surface area contributed by atoms with Crippen molar-refractivity contribution in [1.82, 2.24) is 9.55 Å². The number of rotatable bonds is 5. The molecule has 0 spiro atoms. The maximum absolute atomic E-state index is 9.68. The van der Waals surface area contributed by atoms with Crippen LogP contribution in [-0.2, 0) is 13.7 Å². The van der Waals surface area contributed by atoms with Crippen LogP contribution in [0.3, 0.4) is 0 Å². The maximum atomic E-state index is 9.68. The molecule has 1 unspecified atom stereocenters. The number of nitrogens with zero attached hydrogens (tertiary/aromatic N) is 2. The van der Waals surface area contributed by atoms with Gasteiger partial charge in [0.15, 0.2) is 0 Å². The molecule has 0 aromatic carbocycles. The second-order valence-electron chi connectivity index (χ2n) is 6.88. The van der Waals surface area contributed by atoms with E-state index < -0.39 is 0 Å². The van der Waals surface area contributed by atoms with Crippen molar-refractivity contribution in [3.63, 3.8) is 0 Å². The summed E-state index contributed by atoms with van der Waals surface area (Å²) in [6.07, 6.45) is 8.77. The van der Waals surface area contributed by atoms with E-state index in [9.17, 15) is 5.11 Å². The smallest absolute Gasteiger partial charge is 0.132 e. The normalized spacial score (nSPS) is 17.3. The molecule has 2 aromatic rings. The average Bonchev–Trinajstić information content (AvgIpc) is 3.07. The van der Waals surface area contributed by atoms with Crippen molar-refractivity contribution in [3.8, 4) is 0 Å². The van der Waals surface area contributed by atoms with E-state index >= 15 is 0 Å². The number of aromatic nitrogens is 2. The number of aryl methyl sites for hydroxylation is 2. The third kappa shape index (κ3) is 2.98. The largest absolute Gasteiger partial charge is 0.392 e. The van der Waals surface area contributed by atoms with E-state index in [-0.39, 0.29) is 6.61 Å². The van der Waals surface area contributed by atoms with Gasteiger partial charge in [0, 0.05) is 24.8 Å². The quantitative estimate of drug-likeness (QED) is 0.884. The van der Waals surface area contributed by atoms with Gasteiger partial charge in [0.2, 0.25) is 0 Å². The van der Waals surface area contributed by atoms with E-state index in [0.717, 1.165) is 28.3 Å². The van der Waals surface area contributed by atoms with Gasteiger partial charge in [-0.25, -0.2) is 4.98 Å². The van der Waals surface area contributed by atoms with Crippen LogP contribution in [0, 0.1) is 12.8 Å². The van der Waals surface area contributed by atoms with Gasteiger partial charge in [0.1, 0.15) is 5.82 Å². The molecule has 2 aromatic heterocycles. The molecule has 1 atom stereocenters. The van der Waals surface area contributed by atoms with Crippen molar-refractivity contribution in [1.29, 1.82) is 0 Å². The number of nitrogens with one attached hydrogen (secondary N) is 1. The van der Waals surface area contributed by atoms with Gasteiger partial charge in [0.25, 0.3) is 0 Å². The number of hydrogen-bond donors (Lipinski definition) is 2. The summed E-state index contributed by atoms with van der Waals surface area (Å²) in [6.45, 7) is 4.33. The fraction of sp³-hybridized carbons (Fsp3) is 0.611. The molecule has 2 N–H and O–H groups in total. The van der Waals surface area contributed by atoms with Crippen molar-refractivity contribution in [3.05, 3.63) is 23.4 Å². The third-order valence-corrected chi connectivity index (χ3v) is 4.94. The van der Waals surface area contributed by atoms with Crippen LogP contribution in [0.2, 0.25) is 0 Å². The molecular formula is C18H27N3O. The first-order valence-corrected chi connectivity index (χ1v) is 8.41. The average molecular weight is 301 g/mol. The van der Waals surface area contributed by atoms with E-state index in [0.29, 0.717) is 6.04 Å². The number of anilines is 1. The summed E-state index contributed by atoms with van der Waals surface area (Å²) in [6, 6.07) is 2.45. The number of aliphatic hydroxyl groups excluding tert-OH is 1. The Morgan fingerprint density at radius 2 is 2.14 bits per heavy atom. The molecule has 3 rings (SSSR count). The minimum Gasteiger partial charge on any atom is -0.392 e. The zero-order chi connectivity index (χ0) is 15.7. The summed E-state index contributed by atoms with van der Waals surface area (Å²) in [5.74, 6) is 1.69. The molecule has 1 aliphatic rings. The van der Waals surface area contributed by atoms with Crippen molar-refractivity contribution < 1.29 is 5.11 Å². The molecule has 120 valence electrons. The van der Waals surface area contributed by atoms with Crippen molar-refractivity contribution in [2.45, 2.75) is 58.6 Å². The molecular weight excluding hydrogens is 274 g/mol. The van der Waals surface area contributed by atoms with Crippen LogP contribution < -0.4 is 5.32 Å². The predicted octanol–water partition coefficient (Wildman–Crippen LogP) is 3.75. The van der Waals surface area contributed by atoms with Gasteiger partial charge in [-0.1, -0.05) is 25.7 Å². The standard InChI is InChI=1S/C18H27N3O/c1-12-10-21(3)16-9-15(11-22)18(20-17(12)16)19-13(2)8-14-6-4-5-7-14/h9-10,13-14,22H,4-8,11H2,1-3H3,(H,19,20). The lowest BCUT2D eigenvalue weighted by Gasteiger charge is -2.20. The molecule has 22 heavy (non-hydrogen) atoms. The Balaban J connectivity index is 1.83. The van der Waals surface area contributed by atoms with Crippen molar-refractivity contribution >= 4 is 16.9 Å². The highest BCUT2D eigenvalue weighted by Gasteiger charge is 2.19. The molecule has 0 bridgehead atoms.